The Labute approximate surface area is 99.3 Å². The summed E-state index contributed by atoms with van der Waals surface area (Å²) in [5.41, 5.74) is 0. The van der Waals surface area contributed by atoms with Gasteiger partial charge in [-0.2, -0.15) is 0 Å². The summed E-state index contributed by atoms with van der Waals surface area (Å²) in [6, 6.07) is 6.89. The number of rotatable bonds is 3. The van der Waals surface area contributed by atoms with E-state index in [-0.39, 0.29) is 5.75 Å². The van der Waals surface area contributed by atoms with Crippen molar-refractivity contribution in [3.8, 4) is 23.0 Å². The molecule has 0 heterocycles. The minimum atomic E-state index is 0.136. The number of benzene rings is 2. The van der Waals surface area contributed by atoms with E-state index in [0.717, 1.165) is 5.39 Å². The van der Waals surface area contributed by atoms with Gasteiger partial charge >= 0.3 is 0 Å². The lowest BCUT2D eigenvalue weighted by molar-refractivity contribution is 0.357. The number of ether oxygens (including phenoxy) is 3. The van der Waals surface area contributed by atoms with Crippen molar-refractivity contribution in [2.75, 3.05) is 21.3 Å². The van der Waals surface area contributed by atoms with Gasteiger partial charge in [0.25, 0.3) is 0 Å². The van der Waals surface area contributed by atoms with E-state index >= 15 is 0 Å². The van der Waals surface area contributed by atoms with E-state index in [4.69, 9.17) is 14.2 Å². The highest BCUT2D eigenvalue weighted by molar-refractivity contribution is 5.99. The molecule has 0 aromatic heterocycles. The molecule has 4 nitrogen and oxygen atoms in total. The second-order valence-electron chi connectivity index (χ2n) is 3.51. The highest BCUT2D eigenvalue weighted by atomic mass is 16.5. The number of aromatic hydroxyl groups is 1. The van der Waals surface area contributed by atoms with Crippen LogP contribution in [0.5, 0.6) is 23.0 Å². The predicted molar refractivity (Wildman–Crippen MR) is 65.3 cm³/mol. The topological polar surface area (TPSA) is 47.9 Å². The quantitative estimate of drug-likeness (QED) is 0.886. The molecule has 1 N–H and O–H groups in total. The van der Waals surface area contributed by atoms with Crippen molar-refractivity contribution < 1.29 is 19.3 Å². The zero-order valence-electron chi connectivity index (χ0n) is 9.98. The SMILES string of the molecule is COc1ccc2c(OC)ccc(O)c2c1OC. The number of phenolic OH excluding ortho intramolecular Hbond substituents is 1. The van der Waals surface area contributed by atoms with E-state index in [2.05, 4.69) is 0 Å². The lowest BCUT2D eigenvalue weighted by Gasteiger charge is -2.13. The van der Waals surface area contributed by atoms with Crippen LogP contribution in [0.25, 0.3) is 10.8 Å². The Morgan fingerprint density at radius 3 is 2.06 bits per heavy atom. The maximum Gasteiger partial charge on any atom is 0.172 e. The van der Waals surface area contributed by atoms with Gasteiger partial charge in [0.05, 0.1) is 26.7 Å². The van der Waals surface area contributed by atoms with Gasteiger partial charge in [0.15, 0.2) is 11.5 Å². The fourth-order valence-electron chi connectivity index (χ4n) is 1.89. The first kappa shape index (κ1) is 11.4. The number of methoxy groups -OCH3 is 3. The van der Waals surface area contributed by atoms with Gasteiger partial charge in [-0.25, -0.2) is 0 Å². The molecule has 0 amide bonds. The van der Waals surface area contributed by atoms with Crippen LogP contribution in [0, 0.1) is 0 Å². The number of fused-ring (bicyclic) bond motifs is 1. The van der Waals surface area contributed by atoms with E-state index in [1.54, 1.807) is 32.4 Å². The molecule has 0 aliphatic heterocycles. The van der Waals surface area contributed by atoms with Crippen LogP contribution in [-0.2, 0) is 0 Å². The fourth-order valence-corrected chi connectivity index (χ4v) is 1.89. The third-order valence-electron chi connectivity index (χ3n) is 2.68. The highest BCUT2D eigenvalue weighted by Gasteiger charge is 2.15. The molecule has 2 aromatic rings. The van der Waals surface area contributed by atoms with Crippen molar-refractivity contribution >= 4 is 10.8 Å². The summed E-state index contributed by atoms with van der Waals surface area (Å²) in [6.07, 6.45) is 0. The third kappa shape index (κ3) is 1.71. The average Bonchev–Trinajstić information content (AvgIpc) is 2.37. The smallest absolute Gasteiger partial charge is 0.172 e. The molecule has 2 rings (SSSR count). The Hall–Kier alpha value is -2.10. The summed E-state index contributed by atoms with van der Waals surface area (Å²) in [6.45, 7) is 0. The van der Waals surface area contributed by atoms with Crippen LogP contribution in [-0.4, -0.2) is 26.4 Å². The van der Waals surface area contributed by atoms with Crippen LogP contribution >= 0.6 is 0 Å². The van der Waals surface area contributed by atoms with Crippen molar-refractivity contribution in [1.82, 2.24) is 0 Å². The van der Waals surface area contributed by atoms with Crippen LogP contribution in [0.3, 0.4) is 0 Å². The second-order valence-corrected chi connectivity index (χ2v) is 3.51. The fraction of sp³-hybridized carbons (Fsp3) is 0.231. The number of hydrogen-bond acceptors (Lipinski definition) is 4. The lowest BCUT2D eigenvalue weighted by atomic mass is 10.1. The Morgan fingerprint density at radius 2 is 1.47 bits per heavy atom. The minimum Gasteiger partial charge on any atom is -0.507 e. The normalized spacial score (nSPS) is 10.3. The van der Waals surface area contributed by atoms with Crippen molar-refractivity contribution in [2.24, 2.45) is 0 Å². The van der Waals surface area contributed by atoms with Gasteiger partial charge in [-0.1, -0.05) is 0 Å². The van der Waals surface area contributed by atoms with Gasteiger partial charge in [-0.3, -0.25) is 0 Å². The molecule has 0 atom stereocenters. The van der Waals surface area contributed by atoms with E-state index in [9.17, 15) is 5.11 Å². The van der Waals surface area contributed by atoms with Crippen LogP contribution in [0.15, 0.2) is 24.3 Å². The Morgan fingerprint density at radius 1 is 0.824 bits per heavy atom. The van der Waals surface area contributed by atoms with Crippen LogP contribution in [0.1, 0.15) is 0 Å². The van der Waals surface area contributed by atoms with Crippen LogP contribution in [0.2, 0.25) is 0 Å². The van der Waals surface area contributed by atoms with Crippen molar-refractivity contribution in [3.63, 3.8) is 0 Å². The Kier molecular flexibility index (Phi) is 2.95. The Balaban J connectivity index is 2.87. The molecule has 0 aliphatic carbocycles. The zero-order chi connectivity index (χ0) is 12.4. The molecule has 90 valence electrons. The van der Waals surface area contributed by atoms with Crippen molar-refractivity contribution in [1.29, 1.82) is 0 Å². The van der Waals surface area contributed by atoms with E-state index in [1.165, 1.54) is 7.11 Å². The monoisotopic (exact) mass is 234 g/mol. The molecule has 0 unspecified atom stereocenters. The summed E-state index contributed by atoms with van der Waals surface area (Å²) in [5, 5.41) is 11.3. The zero-order valence-corrected chi connectivity index (χ0v) is 9.98. The standard InChI is InChI=1S/C13H14O4/c1-15-10-7-5-9(14)12-8(10)4-6-11(16-2)13(12)17-3/h4-7,14H,1-3H3. The highest BCUT2D eigenvalue weighted by Crippen LogP contribution is 2.43. The first-order valence-corrected chi connectivity index (χ1v) is 5.13. The predicted octanol–water partition coefficient (Wildman–Crippen LogP) is 2.57. The molecular weight excluding hydrogens is 220 g/mol. The van der Waals surface area contributed by atoms with E-state index in [1.807, 2.05) is 6.07 Å². The summed E-state index contributed by atoms with van der Waals surface area (Å²) < 4.78 is 15.7. The van der Waals surface area contributed by atoms with Crippen LogP contribution < -0.4 is 14.2 Å². The van der Waals surface area contributed by atoms with Crippen molar-refractivity contribution in [2.45, 2.75) is 0 Å². The largest absolute Gasteiger partial charge is 0.507 e. The molecule has 0 radical (unpaired) electrons. The molecule has 0 aliphatic rings. The van der Waals surface area contributed by atoms with Gasteiger partial charge in [0.2, 0.25) is 0 Å². The number of phenols is 1. The molecule has 17 heavy (non-hydrogen) atoms. The van der Waals surface area contributed by atoms with Crippen LogP contribution in [0.4, 0.5) is 0 Å². The molecular formula is C13H14O4. The summed E-state index contributed by atoms with van der Waals surface area (Å²) in [5.74, 6) is 1.89. The number of hydrogen-bond donors (Lipinski definition) is 1. The second kappa shape index (κ2) is 4.41. The summed E-state index contributed by atoms with van der Waals surface area (Å²) >= 11 is 0. The first-order valence-electron chi connectivity index (χ1n) is 5.13. The van der Waals surface area contributed by atoms with Gasteiger partial charge in [0, 0.05) is 5.39 Å². The minimum absolute atomic E-state index is 0.136. The molecule has 0 saturated carbocycles. The van der Waals surface area contributed by atoms with Crippen molar-refractivity contribution in [3.05, 3.63) is 24.3 Å². The van der Waals surface area contributed by atoms with E-state index in [0.29, 0.717) is 22.6 Å². The lowest BCUT2D eigenvalue weighted by Crippen LogP contribution is -1.93. The summed E-state index contributed by atoms with van der Waals surface area (Å²) in [7, 11) is 4.68. The molecule has 0 spiro atoms. The third-order valence-corrected chi connectivity index (χ3v) is 2.68. The molecule has 0 saturated heterocycles. The van der Waals surface area contributed by atoms with Gasteiger partial charge in [0.1, 0.15) is 11.5 Å². The maximum absolute atomic E-state index is 9.93. The molecule has 4 heteroatoms. The van der Waals surface area contributed by atoms with Gasteiger partial charge < -0.3 is 19.3 Å². The summed E-state index contributed by atoms with van der Waals surface area (Å²) in [4.78, 5) is 0. The Bertz CT molecular complexity index is 549. The molecule has 2 aromatic carbocycles. The average molecular weight is 234 g/mol. The molecule has 0 fully saturated rings. The van der Waals surface area contributed by atoms with Gasteiger partial charge in [-0.05, 0) is 24.3 Å². The molecule has 0 bridgehead atoms. The van der Waals surface area contributed by atoms with Gasteiger partial charge in [-0.15, -0.1) is 0 Å². The maximum atomic E-state index is 9.93. The van der Waals surface area contributed by atoms with E-state index < -0.39 is 0 Å². The first-order chi connectivity index (χ1) is 8.22.